The molecule has 4 nitrogen and oxygen atoms in total. The zero-order chi connectivity index (χ0) is 23.3. The van der Waals surface area contributed by atoms with Gasteiger partial charge in [-0.1, -0.05) is 71.1 Å². The predicted molar refractivity (Wildman–Crippen MR) is 128 cm³/mol. The van der Waals surface area contributed by atoms with Crippen LogP contribution in [0, 0.1) is 29.6 Å². The second-order valence-corrected chi connectivity index (χ2v) is 8.93. The zero-order valence-electron chi connectivity index (χ0n) is 21.2. The van der Waals surface area contributed by atoms with E-state index >= 15 is 0 Å². The molecule has 0 spiro atoms. The first kappa shape index (κ1) is 29.1. The van der Waals surface area contributed by atoms with Crippen LogP contribution in [0.5, 0.6) is 0 Å². The van der Waals surface area contributed by atoms with Crippen molar-refractivity contribution in [1.82, 2.24) is 0 Å². The lowest BCUT2D eigenvalue weighted by atomic mass is 9.81. The molecule has 0 radical (unpaired) electrons. The lowest BCUT2D eigenvalue weighted by Crippen LogP contribution is -2.39. The van der Waals surface area contributed by atoms with Crippen molar-refractivity contribution in [3.05, 3.63) is 36.5 Å². The van der Waals surface area contributed by atoms with E-state index in [0.29, 0.717) is 24.4 Å². The number of ether oxygens (including phenoxy) is 4. The molecule has 4 heteroatoms. The van der Waals surface area contributed by atoms with Crippen LogP contribution in [0.3, 0.4) is 0 Å². The molecule has 0 N–H and O–H groups in total. The normalized spacial score (nSPS) is 20.9. The minimum atomic E-state index is 0.0876. The quantitative estimate of drug-likeness (QED) is 0.227. The van der Waals surface area contributed by atoms with Crippen molar-refractivity contribution in [2.75, 3.05) is 35.0 Å². The molecule has 8 unspecified atom stereocenters. The van der Waals surface area contributed by atoms with Crippen LogP contribution >= 0.6 is 0 Å². The molecule has 30 heavy (non-hydrogen) atoms. The fourth-order valence-electron chi connectivity index (χ4n) is 4.98. The predicted octanol–water partition coefficient (Wildman–Crippen LogP) is 5.94. The van der Waals surface area contributed by atoms with Crippen molar-refractivity contribution >= 4 is 0 Å². The molecule has 0 bridgehead atoms. The van der Waals surface area contributed by atoms with Crippen LogP contribution in [-0.4, -0.2) is 53.4 Å². The molecule has 0 aliphatic carbocycles. The van der Waals surface area contributed by atoms with E-state index in [1.807, 2.05) is 13.2 Å². The van der Waals surface area contributed by atoms with Crippen LogP contribution in [-0.2, 0) is 18.9 Å². The van der Waals surface area contributed by atoms with Gasteiger partial charge in [0.1, 0.15) is 0 Å². The van der Waals surface area contributed by atoms with E-state index in [9.17, 15) is 0 Å². The Kier molecular flexibility index (Phi) is 15.3. The Labute approximate surface area is 186 Å². The molecule has 0 saturated carbocycles. The second-order valence-electron chi connectivity index (χ2n) is 8.93. The van der Waals surface area contributed by atoms with Gasteiger partial charge in [0.05, 0.1) is 24.9 Å². The molecule has 8 atom stereocenters. The summed E-state index contributed by atoms with van der Waals surface area (Å²) in [6.07, 6.45) is 9.60. The summed E-state index contributed by atoms with van der Waals surface area (Å²) in [6.45, 7) is 17.8. The Hall–Kier alpha value is -0.940. The first-order valence-electron chi connectivity index (χ1n) is 11.2. The maximum atomic E-state index is 5.96. The molecule has 176 valence electrons. The third-order valence-corrected chi connectivity index (χ3v) is 6.18. The van der Waals surface area contributed by atoms with E-state index in [-0.39, 0.29) is 30.1 Å². The SMILES string of the molecule is C=C/C=C\C(C)C(OC)C(C)C(OC)C(C)C/C(C)=C\C(C)C(OC)C(C)COC. The first-order chi connectivity index (χ1) is 14.2. The largest absolute Gasteiger partial charge is 0.384 e. The molecule has 0 aromatic carbocycles. The van der Waals surface area contributed by atoms with E-state index in [1.165, 1.54) is 5.57 Å². The average Bonchev–Trinajstić information content (AvgIpc) is 2.67. The van der Waals surface area contributed by atoms with E-state index < -0.39 is 0 Å². The average molecular weight is 425 g/mol. The zero-order valence-corrected chi connectivity index (χ0v) is 21.2. The van der Waals surface area contributed by atoms with Gasteiger partial charge in [0.2, 0.25) is 0 Å². The van der Waals surface area contributed by atoms with Crippen molar-refractivity contribution in [3.63, 3.8) is 0 Å². The van der Waals surface area contributed by atoms with Crippen molar-refractivity contribution in [2.45, 2.75) is 66.3 Å². The summed E-state index contributed by atoms with van der Waals surface area (Å²) < 4.78 is 22.9. The van der Waals surface area contributed by atoms with Crippen molar-refractivity contribution in [3.8, 4) is 0 Å². The number of methoxy groups -OCH3 is 4. The molecular weight excluding hydrogens is 376 g/mol. The molecule has 0 aromatic rings. The second kappa shape index (κ2) is 15.8. The number of hydrogen-bond donors (Lipinski definition) is 0. The molecule has 0 amide bonds. The van der Waals surface area contributed by atoms with E-state index in [1.54, 1.807) is 27.4 Å². The summed E-state index contributed by atoms with van der Waals surface area (Å²) in [5.74, 6) is 1.59. The highest BCUT2D eigenvalue weighted by molar-refractivity contribution is 5.05. The topological polar surface area (TPSA) is 36.9 Å². The molecule has 0 aliphatic heterocycles. The van der Waals surface area contributed by atoms with E-state index in [4.69, 9.17) is 18.9 Å². The van der Waals surface area contributed by atoms with Gasteiger partial charge in [0, 0.05) is 52.1 Å². The van der Waals surface area contributed by atoms with Gasteiger partial charge in [-0.15, -0.1) is 0 Å². The van der Waals surface area contributed by atoms with E-state index in [2.05, 4.69) is 60.3 Å². The Bertz CT molecular complexity index is 513. The number of rotatable bonds is 16. The Balaban J connectivity index is 5.22. The van der Waals surface area contributed by atoms with Crippen molar-refractivity contribution in [1.29, 1.82) is 0 Å². The highest BCUT2D eigenvalue weighted by atomic mass is 16.5. The molecular formula is C26H48O4. The Morgan fingerprint density at radius 2 is 1.37 bits per heavy atom. The maximum absolute atomic E-state index is 5.96. The van der Waals surface area contributed by atoms with Gasteiger partial charge in [-0.3, -0.25) is 0 Å². The standard InChI is InChI=1S/C26H48O4/c1-12-13-14-19(3)25(29-10)23(7)26(30-11)21(5)16-18(2)15-20(4)24(28-9)22(6)17-27-8/h12-15,19-26H,1,16-17H2,2-11H3/b14-13-,18-15-. The summed E-state index contributed by atoms with van der Waals surface area (Å²) in [4.78, 5) is 0. The van der Waals surface area contributed by atoms with Crippen LogP contribution in [0.25, 0.3) is 0 Å². The Morgan fingerprint density at radius 3 is 1.83 bits per heavy atom. The monoisotopic (exact) mass is 424 g/mol. The third-order valence-electron chi connectivity index (χ3n) is 6.18. The minimum absolute atomic E-state index is 0.0876. The van der Waals surface area contributed by atoms with Crippen LogP contribution in [0.15, 0.2) is 36.5 Å². The fourth-order valence-corrected chi connectivity index (χ4v) is 4.98. The number of hydrogen-bond acceptors (Lipinski definition) is 4. The third kappa shape index (κ3) is 9.47. The molecule has 0 heterocycles. The maximum Gasteiger partial charge on any atom is 0.0681 e. The lowest BCUT2D eigenvalue weighted by molar-refractivity contribution is -0.0605. The molecule has 0 saturated heterocycles. The summed E-state index contributed by atoms with van der Waals surface area (Å²) >= 11 is 0. The van der Waals surface area contributed by atoms with Crippen LogP contribution in [0.2, 0.25) is 0 Å². The van der Waals surface area contributed by atoms with Crippen molar-refractivity contribution < 1.29 is 18.9 Å². The molecule has 0 rings (SSSR count). The van der Waals surface area contributed by atoms with Crippen molar-refractivity contribution in [2.24, 2.45) is 29.6 Å². The van der Waals surface area contributed by atoms with Gasteiger partial charge in [-0.2, -0.15) is 0 Å². The van der Waals surface area contributed by atoms with Gasteiger partial charge in [0.15, 0.2) is 0 Å². The van der Waals surface area contributed by atoms with Crippen LogP contribution < -0.4 is 0 Å². The van der Waals surface area contributed by atoms with Gasteiger partial charge >= 0.3 is 0 Å². The summed E-state index contributed by atoms with van der Waals surface area (Å²) in [5.41, 5.74) is 1.37. The highest BCUT2D eigenvalue weighted by Gasteiger charge is 2.32. The highest BCUT2D eigenvalue weighted by Crippen LogP contribution is 2.30. The van der Waals surface area contributed by atoms with Crippen LogP contribution in [0.1, 0.15) is 48.0 Å². The van der Waals surface area contributed by atoms with Gasteiger partial charge < -0.3 is 18.9 Å². The first-order valence-corrected chi connectivity index (χ1v) is 11.2. The van der Waals surface area contributed by atoms with Gasteiger partial charge in [-0.05, 0) is 19.3 Å². The smallest absolute Gasteiger partial charge is 0.0681 e. The van der Waals surface area contributed by atoms with E-state index in [0.717, 1.165) is 6.42 Å². The van der Waals surface area contributed by atoms with Gasteiger partial charge in [-0.25, -0.2) is 0 Å². The molecule has 0 fully saturated rings. The summed E-state index contributed by atoms with van der Waals surface area (Å²) in [6, 6.07) is 0. The minimum Gasteiger partial charge on any atom is -0.384 e. The molecule has 0 aliphatic rings. The summed E-state index contributed by atoms with van der Waals surface area (Å²) in [5, 5.41) is 0. The number of allylic oxidation sites excluding steroid dienone is 3. The fraction of sp³-hybridized carbons (Fsp3) is 0.769. The Morgan fingerprint density at radius 1 is 0.800 bits per heavy atom. The van der Waals surface area contributed by atoms with Gasteiger partial charge in [0.25, 0.3) is 0 Å². The molecule has 0 aromatic heterocycles. The lowest BCUT2D eigenvalue weighted by Gasteiger charge is -2.35. The van der Waals surface area contributed by atoms with Crippen LogP contribution in [0.4, 0.5) is 0 Å². The summed E-state index contributed by atoms with van der Waals surface area (Å²) in [7, 11) is 7.12.